The Hall–Kier alpha value is -3.62. The fourth-order valence-corrected chi connectivity index (χ4v) is 4.68. The second kappa shape index (κ2) is 8.73. The molecule has 168 valence electrons. The Kier molecular flexibility index (Phi) is 5.97. The number of fused-ring (bicyclic) bond motifs is 1. The molecular formula is C24H19ClN2O5S. The molecule has 0 fully saturated rings. The number of aryl methyl sites for hydroxylation is 1. The molecule has 4 rings (SSSR count). The Morgan fingerprint density at radius 3 is 2.36 bits per heavy atom. The SMILES string of the molecule is COC(=O)c1cn(C(=O)c2cc(NS(=O)(=O)c3ccc(C)cc3)ccc2Cl)c2ccccc12. The number of hydrogen-bond donors (Lipinski definition) is 1. The van der Waals surface area contributed by atoms with Crippen LogP contribution in [0.25, 0.3) is 10.9 Å². The van der Waals surface area contributed by atoms with Crippen molar-refractivity contribution >= 4 is 50.1 Å². The van der Waals surface area contributed by atoms with E-state index in [2.05, 4.69) is 4.72 Å². The molecule has 33 heavy (non-hydrogen) atoms. The quantitative estimate of drug-likeness (QED) is 0.409. The summed E-state index contributed by atoms with van der Waals surface area (Å²) in [6.07, 6.45) is 1.39. The highest BCUT2D eigenvalue weighted by atomic mass is 35.5. The number of esters is 1. The first-order valence-electron chi connectivity index (χ1n) is 9.83. The first kappa shape index (κ1) is 22.6. The molecule has 7 nitrogen and oxygen atoms in total. The van der Waals surface area contributed by atoms with Crippen molar-refractivity contribution in [2.75, 3.05) is 11.8 Å². The molecule has 0 amide bonds. The van der Waals surface area contributed by atoms with Gasteiger partial charge in [-0.05, 0) is 43.3 Å². The van der Waals surface area contributed by atoms with Crippen molar-refractivity contribution in [2.24, 2.45) is 0 Å². The van der Waals surface area contributed by atoms with Gasteiger partial charge in [-0.2, -0.15) is 0 Å². The maximum atomic E-state index is 13.4. The van der Waals surface area contributed by atoms with Crippen molar-refractivity contribution in [2.45, 2.75) is 11.8 Å². The zero-order chi connectivity index (χ0) is 23.8. The summed E-state index contributed by atoms with van der Waals surface area (Å²) >= 11 is 6.29. The number of nitrogens with one attached hydrogen (secondary N) is 1. The number of aromatic nitrogens is 1. The van der Waals surface area contributed by atoms with E-state index in [4.69, 9.17) is 16.3 Å². The summed E-state index contributed by atoms with van der Waals surface area (Å²) < 4.78 is 34.1. The Morgan fingerprint density at radius 1 is 0.970 bits per heavy atom. The van der Waals surface area contributed by atoms with Crippen LogP contribution >= 0.6 is 11.6 Å². The Morgan fingerprint density at radius 2 is 1.67 bits per heavy atom. The van der Waals surface area contributed by atoms with Crippen molar-refractivity contribution in [3.8, 4) is 0 Å². The van der Waals surface area contributed by atoms with E-state index >= 15 is 0 Å². The largest absolute Gasteiger partial charge is 0.465 e. The molecule has 0 aliphatic rings. The third-order valence-electron chi connectivity index (χ3n) is 5.12. The lowest BCUT2D eigenvalue weighted by Crippen LogP contribution is -2.15. The molecular weight excluding hydrogens is 464 g/mol. The summed E-state index contributed by atoms with van der Waals surface area (Å²) in [5.74, 6) is -1.11. The van der Waals surface area contributed by atoms with Gasteiger partial charge >= 0.3 is 5.97 Å². The number of sulfonamides is 1. The molecule has 0 atom stereocenters. The zero-order valence-electron chi connectivity index (χ0n) is 17.7. The highest BCUT2D eigenvalue weighted by Gasteiger charge is 2.22. The van der Waals surface area contributed by atoms with Crippen LogP contribution in [-0.2, 0) is 14.8 Å². The molecule has 0 radical (unpaired) electrons. The molecule has 0 aliphatic heterocycles. The third kappa shape index (κ3) is 4.35. The van der Waals surface area contributed by atoms with E-state index in [-0.39, 0.29) is 26.7 Å². The highest BCUT2D eigenvalue weighted by molar-refractivity contribution is 7.92. The Balaban J connectivity index is 1.74. The number of carbonyl (C=O) groups is 2. The molecule has 0 saturated heterocycles. The molecule has 0 bridgehead atoms. The van der Waals surface area contributed by atoms with Crippen molar-refractivity contribution in [3.63, 3.8) is 0 Å². The topological polar surface area (TPSA) is 94.5 Å². The third-order valence-corrected chi connectivity index (χ3v) is 6.84. The molecule has 0 aliphatic carbocycles. The van der Waals surface area contributed by atoms with Crippen LogP contribution in [0.15, 0.2) is 77.8 Å². The minimum absolute atomic E-state index is 0.0675. The van der Waals surface area contributed by atoms with Gasteiger partial charge in [0, 0.05) is 17.3 Å². The van der Waals surface area contributed by atoms with Crippen LogP contribution in [0.3, 0.4) is 0 Å². The van der Waals surface area contributed by atoms with Gasteiger partial charge < -0.3 is 4.74 Å². The summed E-state index contributed by atoms with van der Waals surface area (Å²) in [5, 5.41) is 0.681. The summed E-state index contributed by atoms with van der Waals surface area (Å²) in [6, 6.07) is 17.5. The van der Waals surface area contributed by atoms with E-state index in [1.54, 1.807) is 36.4 Å². The average Bonchev–Trinajstić information content (AvgIpc) is 3.19. The molecule has 1 heterocycles. The number of anilines is 1. The number of methoxy groups -OCH3 is 1. The monoisotopic (exact) mass is 482 g/mol. The lowest BCUT2D eigenvalue weighted by atomic mass is 10.1. The van der Waals surface area contributed by atoms with E-state index in [0.717, 1.165) is 5.56 Å². The summed E-state index contributed by atoms with van der Waals surface area (Å²) in [6.45, 7) is 1.86. The van der Waals surface area contributed by atoms with Crippen LogP contribution in [0, 0.1) is 6.92 Å². The summed E-state index contributed by atoms with van der Waals surface area (Å²) in [5.41, 5.74) is 1.89. The molecule has 4 aromatic rings. The molecule has 3 aromatic carbocycles. The smallest absolute Gasteiger partial charge is 0.340 e. The second-order valence-electron chi connectivity index (χ2n) is 7.34. The van der Waals surface area contributed by atoms with Gasteiger partial charge in [-0.1, -0.05) is 47.5 Å². The maximum Gasteiger partial charge on any atom is 0.340 e. The molecule has 9 heteroatoms. The molecule has 0 spiro atoms. The fraction of sp³-hybridized carbons (Fsp3) is 0.0833. The first-order chi connectivity index (χ1) is 15.7. The van der Waals surface area contributed by atoms with Gasteiger partial charge in [-0.3, -0.25) is 14.1 Å². The Bertz CT molecular complexity index is 1490. The van der Waals surface area contributed by atoms with Crippen LogP contribution in [-0.4, -0.2) is 32.0 Å². The molecule has 0 unspecified atom stereocenters. The zero-order valence-corrected chi connectivity index (χ0v) is 19.3. The second-order valence-corrected chi connectivity index (χ2v) is 9.43. The average molecular weight is 483 g/mol. The van der Waals surface area contributed by atoms with Crippen LogP contribution < -0.4 is 4.72 Å². The van der Waals surface area contributed by atoms with Gasteiger partial charge in [0.25, 0.3) is 15.9 Å². The molecule has 1 aromatic heterocycles. The van der Waals surface area contributed by atoms with E-state index in [1.807, 2.05) is 6.92 Å². The maximum absolute atomic E-state index is 13.4. The number of benzene rings is 3. The van der Waals surface area contributed by atoms with Gasteiger partial charge in [0.05, 0.1) is 33.7 Å². The van der Waals surface area contributed by atoms with Crippen LogP contribution in [0.2, 0.25) is 5.02 Å². The van der Waals surface area contributed by atoms with Crippen LogP contribution in [0.4, 0.5) is 5.69 Å². The Labute approximate surface area is 195 Å². The number of carbonyl (C=O) groups excluding carboxylic acids is 2. The highest BCUT2D eigenvalue weighted by Crippen LogP contribution is 2.27. The normalized spacial score (nSPS) is 11.4. The lowest BCUT2D eigenvalue weighted by molar-refractivity contribution is 0.0603. The van der Waals surface area contributed by atoms with Gasteiger partial charge in [0.15, 0.2) is 0 Å². The van der Waals surface area contributed by atoms with Gasteiger partial charge in [0.1, 0.15) is 0 Å². The van der Waals surface area contributed by atoms with Crippen LogP contribution in [0.1, 0.15) is 26.3 Å². The van der Waals surface area contributed by atoms with E-state index < -0.39 is 21.9 Å². The number of rotatable bonds is 5. The van der Waals surface area contributed by atoms with Crippen molar-refractivity contribution in [1.82, 2.24) is 4.57 Å². The van der Waals surface area contributed by atoms with E-state index in [9.17, 15) is 18.0 Å². The van der Waals surface area contributed by atoms with Crippen molar-refractivity contribution in [3.05, 3.63) is 94.6 Å². The van der Waals surface area contributed by atoms with E-state index in [0.29, 0.717) is 10.9 Å². The van der Waals surface area contributed by atoms with Gasteiger partial charge in [0.2, 0.25) is 0 Å². The lowest BCUT2D eigenvalue weighted by Gasteiger charge is -2.11. The predicted molar refractivity (Wildman–Crippen MR) is 126 cm³/mol. The minimum atomic E-state index is -3.87. The van der Waals surface area contributed by atoms with Crippen molar-refractivity contribution < 1.29 is 22.7 Å². The first-order valence-corrected chi connectivity index (χ1v) is 11.7. The van der Waals surface area contributed by atoms with Crippen LogP contribution in [0.5, 0.6) is 0 Å². The molecule has 0 saturated carbocycles. The van der Waals surface area contributed by atoms with Crippen molar-refractivity contribution in [1.29, 1.82) is 0 Å². The summed E-state index contributed by atoms with van der Waals surface area (Å²) in [7, 11) is -2.61. The predicted octanol–water partition coefficient (Wildman–Crippen LogP) is 4.88. The number of halogens is 1. The fourth-order valence-electron chi connectivity index (χ4n) is 3.43. The number of nitrogens with zero attached hydrogens (tertiary/aromatic N) is 1. The summed E-state index contributed by atoms with van der Waals surface area (Å²) in [4.78, 5) is 25.7. The number of ether oxygens (including phenoxy) is 1. The standard InChI is InChI=1S/C24H19ClN2O5S/c1-15-7-10-17(11-8-15)33(30,31)26-16-9-12-21(25)19(13-16)23(28)27-14-20(24(29)32-2)18-5-3-4-6-22(18)27/h3-14,26H,1-2H3. The number of para-hydroxylation sites is 1. The number of hydrogen-bond acceptors (Lipinski definition) is 5. The van der Waals surface area contributed by atoms with Gasteiger partial charge in [-0.25, -0.2) is 13.2 Å². The minimum Gasteiger partial charge on any atom is -0.465 e. The molecule has 1 N–H and O–H groups in total. The van der Waals surface area contributed by atoms with E-state index in [1.165, 1.54) is 48.2 Å². The van der Waals surface area contributed by atoms with Gasteiger partial charge in [-0.15, -0.1) is 0 Å².